The van der Waals surface area contributed by atoms with Gasteiger partial charge in [-0.15, -0.1) is 0 Å². The Hall–Kier alpha value is -0.750. The molecule has 0 aliphatic carbocycles. The first-order chi connectivity index (χ1) is 10.7. The second-order valence-electron chi connectivity index (χ2n) is 6.05. The highest BCUT2D eigenvalue weighted by Gasteiger charge is 2.86. The third kappa shape index (κ3) is 2.75. The molecule has 3 nitrogen and oxygen atoms in total. The fraction of sp³-hybridized carbons (Fsp3) is 1.00. The lowest BCUT2D eigenvalue weighted by Gasteiger charge is -2.39. The zero-order valence-corrected chi connectivity index (χ0v) is 12.0. The van der Waals surface area contributed by atoms with Crippen molar-refractivity contribution in [1.29, 1.82) is 0 Å². The van der Waals surface area contributed by atoms with Crippen molar-refractivity contribution >= 4 is 0 Å². The third-order valence-corrected chi connectivity index (χ3v) is 4.61. The molecule has 2 atom stereocenters. The van der Waals surface area contributed by atoms with E-state index in [-0.39, 0.29) is 13.0 Å². The summed E-state index contributed by atoms with van der Waals surface area (Å²) in [5.74, 6) is 0. The SMILES string of the molecule is OC[C@]12CCCN1C[C@@H](OC(C(F)(F)F)(C(F)(F)F)C(F)(F)F)C2. The van der Waals surface area contributed by atoms with Crippen LogP contribution in [-0.4, -0.2) is 65.5 Å². The maximum Gasteiger partial charge on any atom is 0.435 e. The van der Waals surface area contributed by atoms with Crippen molar-refractivity contribution in [1.82, 2.24) is 4.90 Å². The summed E-state index contributed by atoms with van der Waals surface area (Å²) in [5, 5.41) is 9.36. The molecule has 2 rings (SSSR count). The molecule has 2 saturated heterocycles. The number of ether oxygens (including phenoxy) is 1. The zero-order chi connectivity index (χ0) is 18.6. The molecule has 24 heavy (non-hydrogen) atoms. The molecule has 0 aromatic rings. The van der Waals surface area contributed by atoms with Gasteiger partial charge in [0.2, 0.25) is 0 Å². The molecule has 12 heteroatoms. The van der Waals surface area contributed by atoms with E-state index in [1.54, 1.807) is 0 Å². The van der Waals surface area contributed by atoms with Crippen LogP contribution in [0, 0.1) is 0 Å². The highest BCUT2D eigenvalue weighted by atomic mass is 19.4. The average molecular weight is 375 g/mol. The van der Waals surface area contributed by atoms with Gasteiger partial charge in [0.25, 0.3) is 0 Å². The molecule has 0 radical (unpaired) electrons. The molecule has 0 amide bonds. The van der Waals surface area contributed by atoms with Crippen LogP contribution >= 0.6 is 0 Å². The number of halogens is 9. The molecule has 0 bridgehead atoms. The number of rotatable bonds is 3. The van der Waals surface area contributed by atoms with Crippen LogP contribution in [0.25, 0.3) is 0 Å². The quantitative estimate of drug-likeness (QED) is 0.770. The van der Waals surface area contributed by atoms with Crippen LogP contribution in [0.15, 0.2) is 0 Å². The standard InChI is InChI=1S/C12H14F9NO2/c13-10(14,15)9(11(16,17)18,12(19,20)21)24-7-4-8(6-23)2-1-3-22(8)5-7/h7,23H,1-6H2/t7-,8+/m0/s1. The first kappa shape index (κ1) is 19.6. The highest BCUT2D eigenvalue weighted by molar-refractivity contribution is 5.08. The van der Waals surface area contributed by atoms with Gasteiger partial charge >= 0.3 is 24.1 Å². The van der Waals surface area contributed by atoms with E-state index in [1.807, 2.05) is 0 Å². The first-order valence-corrected chi connectivity index (χ1v) is 6.94. The Morgan fingerprint density at radius 3 is 1.83 bits per heavy atom. The van der Waals surface area contributed by atoms with Gasteiger partial charge in [-0.25, -0.2) is 0 Å². The lowest BCUT2D eigenvalue weighted by atomic mass is 9.93. The van der Waals surface area contributed by atoms with E-state index in [4.69, 9.17) is 0 Å². The normalized spacial score (nSPS) is 30.0. The average Bonchev–Trinajstić information content (AvgIpc) is 2.87. The predicted octanol–water partition coefficient (Wildman–Crippen LogP) is 3.03. The minimum atomic E-state index is -6.73. The molecule has 1 N–H and O–H groups in total. The Balaban J connectivity index is 2.38. The fourth-order valence-corrected chi connectivity index (χ4v) is 3.50. The lowest BCUT2D eigenvalue weighted by Crippen LogP contribution is -2.68. The van der Waals surface area contributed by atoms with Crippen LogP contribution < -0.4 is 0 Å². The van der Waals surface area contributed by atoms with E-state index in [0.717, 1.165) is 0 Å². The third-order valence-electron chi connectivity index (χ3n) is 4.61. The molecule has 2 heterocycles. The molecule has 2 fully saturated rings. The van der Waals surface area contributed by atoms with Crippen molar-refractivity contribution in [2.45, 2.75) is 55.0 Å². The lowest BCUT2D eigenvalue weighted by molar-refractivity contribution is -0.463. The monoisotopic (exact) mass is 375 g/mol. The molecule has 142 valence electrons. The molecule has 0 spiro atoms. The van der Waals surface area contributed by atoms with Crippen LogP contribution in [-0.2, 0) is 4.74 Å². The van der Waals surface area contributed by atoms with Crippen molar-refractivity contribution in [3.8, 4) is 0 Å². The van der Waals surface area contributed by atoms with Gasteiger partial charge in [0.1, 0.15) is 0 Å². The van der Waals surface area contributed by atoms with E-state index in [9.17, 15) is 44.6 Å². The topological polar surface area (TPSA) is 32.7 Å². The van der Waals surface area contributed by atoms with Crippen molar-refractivity contribution in [2.75, 3.05) is 19.7 Å². The van der Waals surface area contributed by atoms with Gasteiger partial charge in [0.15, 0.2) is 0 Å². The summed E-state index contributed by atoms with van der Waals surface area (Å²) in [6, 6.07) is 0. The Morgan fingerprint density at radius 2 is 1.46 bits per heavy atom. The highest BCUT2D eigenvalue weighted by Crippen LogP contribution is 2.56. The van der Waals surface area contributed by atoms with E-state index in [2.05, 4.69) is 4.74 Å². The summed E-state index contributed by atoms with van der Waals surface area (Å²) in [4.78, 5) is 1.38. The van der Waals surface area contributed by atoms with Gasteiger partial charge in [-0.3, -0.25) is 4.90 Å². The van der Waals surface area contributed by atoms with Crippen molar-refractivity contribution in [3.63, 3.8) is 0 Å². The van der Waals surface area contributed by atoms with Gasteiger partial charge in [0.05, 0.1) is 12.7 Å². The molecule has 0 unspecified atom stereocenters. The second-order valence-corrected chi connectivity index (χ2v) is 6.05. The number of fused-ring (bicyclic) bond motifs is 1. The Bertz CT molecular complexity index is 437. The number of nitrogens with zero attached hydrogens (tertiary/aromatic N) is 1. The number of hydrogen-bond donors (Lipinski definition) is 1. The summed E-state index contributed by atoms with van der Waals surface area (Å²) in [6.07, 6.45) is -21.9. The van der Waals surface area contributed by atoms with Crippen LogP contribution in [0.2, 0.25) is 0 Å². The smallest absolute Gasteiger partial charge is 0.394 e. The molecular formula is C12H14F9NO2. The van der Waals surface area contributed by atoms with Crippen LogP contribution in [0.5, 0.6) is 0 Å². The van der Waals surface area contributed by atoms with Crippen LogP contribution in [0.1, 0.15) is 19.3 Å². The summed E-state index contributed by atoms with van der Waals surface area (Å²) >= 11 is 0. The van der Waals surface area contributed by atoms with Gasteiger partial charge in [-0.05, 0) is 25.8 Å². The molecule has 0 saturated carbocycles. The van der Waals surface area contributed by atoms with Crippen molar-refractivity contribution in [3.05, 3.63) is 0 Å². The Kier molecular flexibility index (Phi) is 4.59. The zero-order valence-electron chi connectivity index (χ0n) is 12.0. The second kappa shape index (κ2) is 5.63. The Labute approximate surface area is 130 Å². The van der Waals surface area contributed by atoms with E-state index in [1.165, 1.54) is 4.90 Å². The van der Waals surface area contributed by atoms with Gasteiger partial charge < -0.3 is 9.84 Å². The van der Waals surface area contributed by atoms with Crippen LogP contribution in [0.4, 0.5) is 39.5 Å². The minimum Gasteiger partial charge on any atom is -0.394 e. The van der Waals surface area contributed by atoms with E-state index >= 15 is 0 Å². The maximum absolute atomic E-state index is 12.9. The summed E-state index contributed by atoms with van der Waals surface area (Å²) < 4.78 is 119. The summed E-state index contributed by atoms with van der Waals surface area (Å²) in [7, 11) is 0. The largest absolute Gasteiger partial charge is 0.435 e. The predicted molar refractivity (Wildman–Crippen MR) is 61.0 cm³/mol. The number of aliphatic hydroxyl groups excluding tert-OH is 1. The minimum absolute atomic E-state index is 0.261. The summed E-state index contributed by atoms with van der Waals surface area (Å²) in [5.41, 5.74) is -7.38. The number of aliphatic hydroxyl groups is 1. The number of hydrogen-bond acceptors (Lipinski definition) is 3. The van der Waals surface area contributed by atoms with Gasteiger partial charge in [-0.1, -0.05) is 0 Å². The van der Waals surface area contributed by atoms with Crippen molar-refractivity contribution in [2.24, 2.45) is 0 Å². The molecule has 0 aromatic carbocycles. The fourth-order valence-electron chi connectivity index (χ4n) is 3.50. The maximum atomic E-state index is 12.9. The molecular weight excluding hydrogens is 361 g/mol. The first-order valence-electron chi connectivity index (χ1n) is 6.94. The molecule has 0 aromatic heterocycles. The molecule has 2 aliphatic heterocycles. The summed E-state index contributed by atoms with van der Waals surface area (Å²) in [6.45, 7) is -0.855. The van der Waals surface area contributed by atoms with Gasteiger partial charge in [-0.2, -0.15) is 39.5 Å². The van der Waals surface area contributed by atoms with Crippen molar-refractivity contribution < 1.29 is 49.4 Å². The number of alkyl halides is 9. The van der Waals surface area contributed by atoms with E-state index < -0.39 is 55.3 Å². The molecule has 2 aliphatic rings. The van der Waals surface area contributed by atoms with E-state index in [0.29, 0.717) is 6.42 Å². The Morgan fingerprint density at radius 1 is 0.958 bits per heavy atom. The van der Waals surface area contributed by atoms with Crippen LogP contribution in [0.3, 0.4) is 0 Å². The van der Waals surface area contributed by atoms with Gasteiger partial charge in [0, 0.05) is 12.1 Å².